The lowest BCUT2D eigenvalue weighted by Gasteiger charge is -2.19. The van der Waals surface area contributed by atoms with E-state index in [2.05, 4.69) is 4.98 Å². The smallest absolute Gasteiger partial charge is 0.420 e. The number of aromatic nitrogens is 2. The molecule has 4 nitrogen and oxygen atoms in total. The molecule has 0 saturated heterocycles. The Labute approximate surface area is 117 Å². The molecule has 5 heteroatoms. The van der Waals surface area contributed by atoms with Crippen molar-refractivity contribution in [2.75, 3.05) is 0 Å². The van der Waals surface area contributed by atoms with Gasteiger partial charge in [0.05, 0.1) is 5.02 Å². The Kier molecular flexibility index (Phi) is 3.54. The summed E-state index contributed by atoms with van der Waals surface area (Å²) in [6.07, 6.45) is 3.67. The van der Waals surface area contributed by atoms with Crippen LogP contribution in [0.2, 0.25) is 5.02 Å². The van der Waals surface area contributed by atoms with E-state index in [0.717, 1.165) is 17.4 Å². The van der Waals surface area contributed by atoms with Crippen molar-refractivity contribution in [1.82, 2.24) is 9.55 Å². The lowest BCUT2D eigenvalue weighted by Crippen LogP contribution is -2.26. The Morgan fingerprint density at radius 3 is 2.74 bits per heavy atom. The van der Waals surface area contributed by atoms with E-state index in [4.69, 9.17) is 16.3 Å². The Bertz CT molecular complexity index is 626. The van der Waals surface area contributed by atoms with Gasteiger partial charge in [0.15, 0.2) is 5.65 Å². The van der Waals surface area contributed by atoms with Crippen LogP contribution in [0.3, 0.4) is 0 Å². The predicted molar refractivity (Wildman–Crippen MR) is 75.8 cm³/mol. The lowest BCUT2D eigenvalue weighted by molar-refractivity contribution is 0.0543. The number of ether oxygens (including phenoxy) is 1. The van der Waals surface area contributed by atoms with E-state index in [9.17, 15) is 4.79 Å². The van der Waals surface area contributed by atoms with Gasteiger partial charge in [0.1, 0.15) is 5.60 Å². The van der Waals surface area contributed by atoms with E-state index in [1.165, 1.54) is 4.57 Å². The first-order valence-corrected chi connectivity index (χ1v) is 6.59. The standard InChI is InChI=1S/C14H17ClN2O2/c1-5-9-8-17(13(18)19-14(2,3)4)12-11(9)10(15)6-7-16-12/h6-8H,5H2,1-4H3. The maximum Gasteiger partial charge on any atom is 0.420 e. The molecule has 102 valence electrons. The molecule has 0 unspecified atom stereocenters. The second-order valence-electron chi connectivity index (χ2n) is 5.35. The number of carbonyl (C=O) groups is 1. The maximum atomic E-state index is 12.2. The summed E-state index contributed by atoms with van der Waals surface area (Å²) in [4.78, 5) is 16.4. The van der Waals surface area contributed by atoms with Gasteiger partial charge >= 0.3 is 6.09 Å². The molecule has 0 spiro atoms. The van der Waals surface area contributed by atoms with Gasteiger partial charge in [-0.05, 0) is 38.8 Å². The first-order chi connectivity index (χ1) is 8.83. The number of aryl methyl sites for hydroxylation is 1. The highest BCUT2D eigenvalue weighted by Gasteiger charge is 2.21. The van der Waals surface area contributed by atoms with Gasteiger partial charge in [-0.1, -0.05) is 18.5 Å². The van der Waals surface area contributed by atoms with Gasteiger partial charge in [-0.3, -0.25) is 0 Å². The van der Waals surface area contributed by atoms with Crippen LogP contribution in [0, 0.1) is 0 Å². The number of nitrogens with zero attached hydrogens (tertiary/aromatic N) is 2. The fraction of sp³-hybridized carbons (Fsp3) is 0.429. The van der Waals surface area contributed by atoms with Crippen molar-refractivity contribution in [3.63, 3.8) is 0 Å². The van der Waals surface area contributed by atoms with E-state index >= 15 is 0 Å². The minimum absolute atomic E-state index is 0.438. The van der Waals surface area contributed by atoms with Crippen molar-refractivity contribution in [3.05, 3.63) is 29.0 Å². The fourth-order valence-electron chi connectivity index (χ4n) is 1.91. The molecular formula is C14H17ClN2O2. The molecule has 0 radical (unpaired) electrons. The summed E-state index contributed by atoms with van der Waals surface area (Å²) in [5.74, 6) is 0. The summed E-state index contributed by atoms with van der Waals surface area (Å²) in [6.45, 7) is 7.50. The fourth-order valence-corrected chi connectivity index (χ4v) is 2.17. The molecular weight excluding hydrogens is 264 g/mol. The third-order valence-electron chi connectivity index (χ3n) is 2.69. The second kappa shape index (κ2) is 4.85. The van der Waals surface area contributed by atoms with E-state index in [0.29, 0.717) is 10.7 Å². The van der Waals surface area contributed by atoms with Crippen molar-refractivity contribution in [2.45, 2.75) is 39.7 Å². The zero-order valence-electron chi connectivity index (χ0n) is 11.5. The molecule has 0 atom stereocenters. The average molecular weight is 281 g/mol. The molecule has 2 rings (SSSR count). The lowest BCUT2D eigenvalue weighted by atomic mass is 10.2. The van der Waals surface area contributed by atoms with Crippen molar-refractivity contribution >= 4 is 28.7 Å². The Morgan fingerprint density at radius 2 is 2.16 bits per heavy atom. The monoisotopic (exact) mass is 280 g/mol. The zero-order chi connectivity index (χ0) is 14.2. The third kappa shape index (κ3) is 2.73. The first kappa shape index (κ1) is 13.9. The largest absolute Gasteiger partial charge is 0.443 e. The first-order valence-electron chi connectivity index (χ1n) is 6.21. The van der Waals surface area contributed by atoms with Crippen molar-refractivity contribution < 1.29 is 9.53 Å². The topological polar surface area (TPSA) is 44.1 Å². The molecule has 2 aromatic heterocycles. The quantitative estimate of drug-likeness (QED) is 0.792. The highest BCUT2D eigenvalue weighted by atomic mass is 35.5. The molecule has 2 aromatic rings. The average Bonchev–Trinajstić information content (AvgIpc) is 2.67. The summed E-state index contributed by atoms with van der Waals surface area (Å²) in [5, 5.41) is 1.42. The van der Waals surface area contributed by atoms with Crippen LogP contribution in [-0.2, 0) is 11.2 Å². The van der Waals surface area contributed by atoms with Crippen LogP contribution < -0.4 is 0 Å². The maximum absolute atomic E-state index is 12.2. The van der Waals surface area contributed by atoms with Crippen LogP contribution in [0.4, 0.5) is 4.79 Å². The molecule has 0 saturated carbocycles. The summed E-state index contributed by atoms with van der Waals surface area (Å²) >= 11 is 6.19. The third-order valence-corrected chi connectivity index (χ3v) is 3.00. The molecule has 0 bridgehead atoms. The molecule has 0 fully saturated rings. The van der Waals surface area contributed by atoms with Gasteiger partial charge in [-0.2, -0.15) is 0 Å². The number of pyridine rings is 1. The van der Waals surface area contributed by atoms with Crippen LogP contribution >= 0.6 is 11.6 Å². The number of hydrogen-bond acceptors (Lipinski definition) is 3. The number of rotatable bonds is 1. The zero-order valence-corrected chi connectivity index (χ0v) is 12.3. The van der Waals surface area contributed by atoms with Crippen molar-refractivity contribution in [2.24, 2.45) is 0 Å². The molecule has 0 N–H and O–H groups in total. The minimum atomic E-state index is -0.543. The molecule has 0 aliphatic rings. The number of hydrogen-bond donors (Lipinski definition) is 0. The van der Waals surface area contributed by atoms with Gasteiger partial charge in [0, 0.05) is 17.8 Å². The minimum Gasteiger partial charge on any atom is -0.443 e. The normalized spacial score (nSPS) is 11.8. The van der Waals surface area contributed by atoms with E-state index < -0.39 is 11.7 Å². The Balaban J connectivity index is 2.56. The van der Waals surface area contributed by atoms with Gasteiger partial charge in [-0.15, -0.1) is 0 Å². The van der Waals surface area contributed by atoms with E-state index in [1.54, 1.807) is 18.5 Å². The SMILES string of the molecule is CCc1cn(C(=O)OC(C)(C)C)c2nccc(Cl)c12. The molecule has 0 amide bonds. The summed E-state index contributed by atoms with van der Waals surface area (Å²) in [5.41, 5.74) is 0.982. The van der Waals surface area contributed by atoms with Crippen molar-refractivity contribution in [1.29, 1.82) is 0 Å². The van der Waals surface area contributed by atoms with Gasteiger partial charge in [0.25, 0.3) is 0 Å². The highest BCUT2D eigenvalue weighted by Crippen LogP contribution is 2.28. The van der Waals surface area contributed by atoms with Crippen LogP contribution in [0.1, 0.15) is 33.3 Å². The molecule has 0 aliphatic carbocycles. The Morgan fingerprint density at radius 1 is 1.47 bits per heavy atom. The number of carbonyl (C=O) groups excluding carboxylic acids is 1. The number of fused-ring (bicyclic) bond motifs is 1. The van der Waals surface area contributed by atoms with Crippen LogP contribution in [0.5, 0.6) is 0 Å². The molecule has 0 aromatic carbocycles. The number of halogens is 1. The Hall–Kier alpha value is -1.55. The van der Waals surface area contributed by atoms with Crippen LogP contribution in [-0.4, -0.2) is 21.2 Å². The van der Waals surface area contributed by atoms with Gasteiger partial charge in [-0.25, -0.2) is 14.3 Å². The van der Waals surface area contributed by atoms with Gasteiger partial charge < -0.3 is 4.74 Å². The van der Waals surface area contributed by atoms with Crippen LogP contribution in [0.25, 0.3) is 11.0 Å². The summed E-state index contributed by atoms with van der Waals surface area (Å²) in [6, 6.07) is 1.72. The molecule has 19 heavy (non-hydrogen) atoms. The summed E-state index contributed by atoms with van der Waals surface area (Å²) < 4.78 is 6.79. The molecule has 2 heterocycles. The van der Waals surface area contributed by atoms with Gasteiger partial charge in [0.2, 0.25) is 0 Å². The van der Waals surface area contributed by atoms with E-state index in [1.807, 2.05) is 27.7 Å². The second-order valence-corrected chi connectivity index (χ2v) is 5.76. The molecule has 0 aliphatic heterocycles. The predicted octanol–water partition coefficient (Wildman–Crippen LogP) is 4.04. The highest BCUT2D eigenvalue weighted by molar-refractivity contribution is 6.35. The van der Waals surface area contributed by atoms with E-state index in [-0.39, 0.29) is 0 Å². The van der Waals surface area contributed by atoms with Crippen molar-refractivity contribution in [3.8, 4) is 0 Å². The van der Waals surface area contributed by atoms with Crippen LogP contribution in [0.15, 0.2) is 18.5 Å². The summed E-state index contributed by atoms with van der Waals surface area (Å²) in [7, 11) is 0.